The fourth-order valence-electron chi connectivity index (χ4n) is 2.53. The van der Waals surface area contributed by atoms with Crippen molar-refractivity contribution >= 4 is 0 Å². The van der Waals surface area contributed by atoms with E-state index < -0.39 is 0 Å². The van der Waals surface area contributed by atoms with Gasteiger partial charge in [-0.1, -0.05) is 19.3 Å². The van der Waals surface area contributed by atoms with Crippen LogP contribution in [0.3, 0.4) is 0 Å². The summed E-state index contributed by atoms with van der Waals surface area (Å²) in [6.07, 6.45) is 11.7. The van der Waals surface area contributed by atoms with E-state index in [0.29, 0.717) is 12.6 Å². The van der Waals surface area contributed by atoms with Crippen molar-refractivity contribution in [1.29, 1.82) is 0 Å². The third-order valence-corrected chi connectivity index (χ3v) is 3.60. The van der Waals surface area contributed by atoms with Crippen molar-refractivity contribution in [1.82, 2.24) is 9.80 Å². The summed E-state index contributed by atoms with van der Waals surface area (Å²) in [6, 6.07) is 0. The molecule has 0 aromatic heterocycles. The molecule has 1 aliphatic carbocycles. The van der Waals surface area contributed by atoms with E-state index in [4.69, 9.17) is 4.74 Å². The second-order valence-electron chi connectivity index (χ2n) is 4.98. The van der Waals surface area contributed by atoms with Crippen molar-refractivity contribution in [3.8, 4) is 0 Å². The lowest BCUT2D eigenvalue weighted by atomic mass is 9.90. The van der Waals surface area contributed by atoms with E-state index in [1.165, 1.54) is 38.3 Å². The zero-order chi connectivity index (χ0) is 12.8. The van der Waals surface area contributed by atoms with Crippen LogP contribution in [0.4, 0.5) is 0 Å². The van der Waals surface area contributed by atoms with Crippen molar-refractivity contribution in [2.45, 2.75) is 32.1 Å². The van der Waals surface area contributed by atoms with Crippen LogP contribution in [0.1, 0.15) is 32.1 Å². The Morgan fingerprint density at radius 3 is 2.89 bits per heavy atom. The van der Waals surface area contributed by atoms with Gasteiger partial charge in [-0.2, -0.15) is 0 Å². The fourth-order valence-corrected chi connectivity index (χ4v) is 2.53. The summed E-state index contributed by atoms with van der Waals surface area (Å²) in [4.78, 5) is 14.1. The molecule has 0 unspecified atom stereocenters. The van der Waals surface area contributed by atoms with Gasteiger partial charge in [0, 0.05) is 19.4 Å². The normalized spacial score (nSPS) is 23.1. The number of hydrogen-bond acceptors (Lipinski definition) is 5. The predicted molar refractivity (Wildman–Crippen MR) is 70.0 cm³/mol. The van der Waals surface area contributed by atoms with Crippen LogP contribution in [0, 0.1) is 10.8 Å². The molecule has 0 N–H and O–H groups in total. The van der Waals surface area contributed by atoms with Crippen LogP contribution >= 0.6 is 0 Å². The van der Waals surface area contributed by atoms with Gasteiger partial charge in [-0.3, -0.25) is 0 Å². The molecular weight excluding hydrogens is 230 g/mol. The highest BCUT2D eigenvalue weighted by molar-refractivity contribution is 5.12. The third kappa shape index (κ3) is 3.32. The Balaban J connectivity index is 1.74. The standard InChI is InChI=1S/C13H21N3O2/c1-15-7-8-16(13(15)9-14-17)11-18-10-12-5-3-2-4-6-12/h7-9,12H,2-6,10-11H2,1H3/b13-9+. The van der Waals surface area contributed by atoms with Crippen LogP contribution in [0.5, 0.6) is 0 Å². The Labute approximate surface area is 108 Å². The SMILES string of the molecule is CN1C=CN(COCC2CCCCC2)/C1=C/N=O. The van der Waals surface area contributed by atoms with E-state index in [1.54, 1.807) is 0 Å². The predicted octanol–water partition coefficient (Wildman–Crippen LogP) is 2.82. The molecule has 100 valence electrons. The first-order valence-electron chi connectivity index (χ1n) is 6.59. The average Bonchev–Trinajstić information content (AvgIpc) is 2.73. The number of rotatable bonds is 5. The molecule has 5 heteroatoms. The average molecular weight is 251 g/mol. The number of ether oxygens (including phenoxy) is 1. The first kappa shape index (κ1) is 13.1. The molecule has 2 aliphatic rings. The molecule has 0 bridgehead atoms. The molecule has 0 saturated heterocycles. The van der Waals surface area contributed by atoms with Crippen LogP contribution in [-0.4, -0.2) is 30.2 Å². The zero-order valence-electron chi connectivity index (χ0n) is 10.9. The van der Waals surface area contributed by atoms with E-state index in [9.17, 15) is 4.91 Å². The van der Waals surface area contributed by atoms with Crippen molar-refractivity contribution in [3.63, 3.8) is 0 Å². The lowest BCUT2D eigenvalue weighted by molar-refractivity contribution is 0.0339. The lowest BCUT2D eigenvalue weighted by Crippen LogP contribution is -2.24. The van der Waals surface area contributed by atoms with Gasteiger partial charge in [0.15, 0.2) is 0 Å². The molecular formula is C13H21N3O2. The lowest BCUT2D eigenvalue weighted by Gasteiger charge is -2.24. The van der Waals surface area contributed by atoms with Gasteiger partial charge in [0.25, 0.3) is 0 Å². The van der Waals surface area contributed by atoms with E-state index in [2.05, 4.69) is 5.18 Å². The maximum Gasteiger partial charge on any atom is 0.136 e. The Bertz CT molecular complexity index is 335. The van der Waals surface area contributed by atoms with Gasteiger partial charge < -0.3 is 14.5 Å². The van der Waals surface area contributed by atoms with Crippen molar-refractivity contribution < 1.29 is 4.74 Å². The van der Waals surface area contributed by atoms with E-state index in [-0.39, 0.29) is 0 Å². The minimum absolute atomic E-state index is 0.485. The largest absolute Gasteiger partial charge is 0.360 e. The maximum absolute atomic E-state index is 10.3. The monoisotopic (exact) mass is 251 g/mol. The number of nitrogens with zero attached hydrogens (tertiary/aromatic N) is 3. The molecule has 0 atom stereocenters. The molecule has 0 amide bonds. The van der Waals surface area contributed by atoms with Crippen LogP contribution in [0.25, 0.3) is 0 Å². The topological polar surface area (TPSA) is 45.1 Å². The first-order chi connectivity index (χ1) is 8.81. The fraction of sp³-hybridized carbons (Fsp3) is 0.692. The van der Waals surface area contributed by atoms with Gasteiger partial charge in [-0.05, 0) is 23.9 Å². The van der Waals surface area contributed by atoms with E-state index >= 15 is 0 Å². The second-order valence-corrected chi connectivity index (χ2v) is 4.98. The molecule has 0 spiro atoms. The van der Waals surface area contributed by atoms with Gasteiger partial charge in [-0.25, -0.2) is 0 Å². The van der Waals surface area contributed by atoms with Crippen LogP contribution in [0.2, 0.25) is 0 Å². The molecule has 0 aromatic rings. The molecule has 1 saturated carbocycles. The summed E-state index contributed by atoms with van der Waals surface area (Å²) >= 11 is 0. The van der Waals surface area contributed by atoms with Gasteiger partial charge in [0.1, 0.15) is 18.8 Å². The van der Waals surface area contributed by atoms with Gasteiger partial charge in [0.2, 0.25) is 0 Å². The van der Waals surface area contributed by atoms with Crippen molar-refractivity contribution in [3.05, 3.63) is 29.3 Å². The quantitative estimate of drug-likeness (QED) is 0.705. The molecule has 18 heavy (non-hydrogen) atoms. The van der Waals surface area contributed by atoms with Gasteiger partial charge >= 0.3 is 0 Å². The summed E-state index contributed by atoms with van der Waals surface area (Å²) in [5.41, 5.74) is 0. The highest BCUT2D eigenvalue weighted by atomic mass is 16.5. The summed E-state index contributed by atoms with van der Waals surface area (Å²) in [7, 11) is 1.88. The van der Waals surface area contributed by atoms with Gasteiger partial charge in [-0.15, -0.1) is 4.91 Å². The van der Waals surface area contributed by atoms with Crippen LogP contribution in [0.15, 0.2) is 29.6 Å². The highest BCUT2D eigenvalue weighted by Crippen LogP contribution is 2.24. The molecule has 0 aromatic carbocycles. The molecule has 5 nitrogen and oxygen atoms in total. The van der Waals surface area contributed by atoms with Crippen molar-refractivity contribution in [2.24, 2.45) is 11.1 Å². The maximum atomic E-state index is 10.3. The summed E-state index contributed by atoms with van der Waals surface area (Å²) < 4.78 is 5.75. The van der Waals surface area contributed by atoms with E-state index in [0.717, 1.165) is 12.4 Å². The minimum Gasteiger partial charge on any atom is -0.360 e. The molecule has 1 fully saturated rings. The molecule has 1 aliphatic heterocycles. The first-order valence-corrected chi connectivity index (χ1v) is 6.59. The highest BCUT2D eigenvalue weighted by Gasteiger charge is 2.18. The van der Waals surface area contributed by atoms with Gasteiger partial charge in [0.05, 0.1) is 6.61 Å². The molecule has 2 rings (SSSR count). The number of nitroso groups, excluding NO2 is 1. The Hall–Kier alpha value is -1.36. The van der Waals surface area contributed by atoms with Crippen LogP contribution < -0.4 is 0 Å². The zero-order valence-corrected chi connectivity index (χ0v) is 10.9. The summed E-state index contributed by atoms with van der Waals surface area (Å²) in [5.74, 6) is 1.47. The van der Waals surface area contributed by atoms with Crippen molar-refractivity contribution in [2.75, 3.05) is 20.4 Å². The molecule has 1 heterocycles. The number of hydrogen-bond donors (Lipinski definition) is 0. The van der Waals surface area contributed by atoms with E-state index in [1.807, 2.05) is 29.2 Å². The smallest absolute Gasteiger partial charge is 0.136 e. The summed E-state index contributed by atoms with van der Waals surface area (Å²) in [5, 5.41) is 2.83. The second kappa shape index (κ2) is 6.54. The summed E-state index contributed by atoms with van der Waals surface area (Å²) in [6.45, 7) is 1.30. The Kier molecular flexibility index (Phi) is 4.75. The Morgan fingerprint density at radius 2 is 2.17 bits per heavy atom. The van der Waals surface area contributed by atoms with Crippen LogP contribution in [-0.2, 0) is 4.74 Å². The third-order valence-electron chi connectivity index (χ3n) is 3.60. The Morgan fingerprint density at radius 1 is 1.39 bits per heavy atom. The minimum atomic E-state index is 0.485. The molecule has 0 radical (unpaired) electrons.